The first kappa shape index (κ1) is 19.7. The Kier molecular flexibility index (Phi) is 5.13. The van der Waals surface area contributed by atoms with E-state index >= 15 is 0 Å². The number of anilines is 1. The standard InChI is InChI=1S/C22H19N5O3S/c1-23-20-17-21(26-19(25-20)15-8-5-11-31-15)27(22-18(29)14(28)12-30-22)16(24-17)10-9-13-6-3-2-4-7-13/h2-8,11,14,18,22,28-29H,12H2,1H3,(H,23,25,26)/t14?,18-,22+/m0/s1. The number of ether oxygens (including phenoxy) is 1. The number of nitrogens with one attached hydrogen (secondary N) is 1. The Balaban J connectivity index is 1.74. The van der Waals surface area contributed by atoms with Crippen LogP contribution in [0.5, 0.6) is 0 Å². The lowest BCUT2D eigenvalue weighted by atomic mass is 10.2. The quantitative estimate of drug-likeness (QED) is 0.426. The van der Waals surface area contributed by atoms with Gasteiger partial charge in [0.1, 0.15) is 12.2 Å². The van der Waals surface area contributed by atoms with Gasteiger partial charge in [0.05, 0.1) is 11.5 Å². The van der Waals surface area contributed by atoms with Gasteiger partial charge < -0.3 is 20.3 Å². The number of thiophene rings is 1. The largest absolute Gasteiger partial charge is 0.388 e. The molecule has 31 heavy (non-hydrogen) atoms. The van der Waals surface area contributed by atoms with Gasteiger partial charge in [-0.3, -0.25) is 4.57 Å². The van der Waals surface area contributed by atoms with E-state index in [2.05, 4.69) is 27.1 Å². The van der Waals surface area contributed by atoms with Crippen LogP contribution in [-0.4, -0.2) is 55.6 Å². The molecule has 0 spiro atoms. The van der Waals surface area contributed by atoms with Crippen molar-refractivity contribution < 1.29 is 14.9 Å². The van der Waals surface area contributed by atoms with E-state index in [0.717, 1.165) is 10.4 Å². The van der Waals surface area contributed by atoms with Crippen molar-refractivity contribution in [1.29, 1.82) is 0 Å². The van der Waals surface area contributed by atoms with E-state index in [0.29, 0.717) is 28.6 Å². The number of nitrogens with zero attached hydrogens (tertiary/aromatic N) is 4. The van der Waals surface area contributed by atoms with E-state index in [1.807, 2.05) is 47.8 Å². The fourth-order valence-corrected chi connectivity index (χ4v) is 4.11. The molecule has 0 aliphatic carbocycles. The SMILES string of the molecule is CNc1nc(-c2cccs2)nc2c1nc(C#Cc1ccccc1)n2[C@@H]1OCC(O)[C@@H]1O. The average Bonchev–Trinajstić information content (AvgIpc) is 3.52. The van der Waals surface area contributed by atoms with Crippen LogP contribution in [0.1, 0.15) is 17.6 Å². The van der Waals surface area contributed by atoms with Gasteiger partial charge in [0.15, 0.2) is 34.9 Å². The molecule has 1 fully saturated rings. The van der Waals surface area contributed by atoms with Gasteiger partial charge in [0.2, 0.25) is 0 Å². The lowest BCUT2D eigenvalue weighted by Gasteiger charge is -2.18. The van der Waals surface area contributed by atoms with Crippen LogP contribution >= 0.6 is 11.3 Å². The molecular weight excluding hydrogens is 414 g/mol. The Morgan fingerprint density at radius 2 is 1.94 bits per heavy atom. The van der Waals surface area contributed by atoms with Gasteiger partial charge in [-0.05, 0) is 29.5 Å². The summed E-state index contributed by atoms with van der Waals surface area (Å²) in [7, 11) is 1.76. The zero-order chi connectivity index (χ0) is 21.4. The number of aromatic nitrogens is 4. The summed E-state index contributed by atoms with van der Waals surface area (Å²) in [4.78, 5) is 14.9. The number of aliphatic hydroxyl groups excluding tert-OH is 2. The molecule has 9 heteroatoms. The summed E-state index contributed by atoms with van der Waals surface area (Å²) in [5.74, 6) is 7.61. The minimum absolute atomic E-state index is 0.0127. The van der Waals surface area contributed by atoms with Gasteiger partial charge in [-0.25, -0.2) is 15.0 Å². The van der Waals surface area contributed by atoms with Crippen molar-refractivity contribution in [3.8, 4) is 22.5 Å². The maximum absolute atomic E-state index is 10.5. The van der Waals surface area contributed by atoms with Crippen molar-refractivity contribution in [3.05, 3.63) is 59.2 Å². The third-order valence-corrected chi connectivity index (χ3v) is 5.85. The smallest absolute Gasteiger partial charge is 0.190 e. The third-order valence-electron chi connectivity index (χ3n) is 4.99. The first-order chi connectivity index (χ1) is 15.2. The second-order valence-electron chi connectivity index (χ2n) is 7.00. The second-order valence-corrected chi connectivity index (χ2v) is 7.95. The molecule has 8 nitrogen and oxygen atoms in total. The number of fused-ring (bicyclic) bond motifs is 1. The van der Waals surface area contributed by atoms with E-state index in [9.17, 15) is 10.2 Å². The highest BCUT2D eigenvalue weighted by Crippen LogP contribution is 2.33. The molecule has 1 unspecified atom stereocenters. The summed E-state index contributed by atoms with van der Waals surface area (Å²) < 4.78 is 7.35. The molecule has 1 aromatic carbocycles. The van der Waals surface area contributed by atoms with E-state index < -0.39 is 18.4 Å². The van der Waals surface area contributed by atoms with E-state index in [1.54, 1.807) is 11.6 Å². The third kappa shape index (κ3) is 3.56. The Bertz CT molecular complexity index is 1280. The topological polar surface area (TPSA) is 105 Å². The molecular formula is C22H19N5O3S. The number of imidazole rings is 1. The van der Waals surface area contributed by atoms with E-state index in [4.69, 9.17) is 9.72 Å². The van der Waals surface area contributed by atoms with Crippen LogP contribution in [-0.2, 0) is 4.74 Å². The summed E-state index contributed by atoms with van der Waals surface area (Å²) >= 11 is 1.53. The van der Waals surface area contributed by atoms with E-state index in [1.165, 1.54) is 11.3 Å². The van der Waals surface area contributed by atoms with Crippen molar-refractivity contribution in [2.75, 3.05) is 19.0 Å². The van der Waals surface area contributed by atoms with Gasteiger partial charge >= 0.3 is 0 Å². The maximum atomic E-state index is 10.5. The van der Waals surface area contributed by atoms with Crippen LogP contribution < -0.4 is 5.32 Å². The highest BCUT2D eigenvalue weighted by molar-refractivity contribution is 7.13. The highest BCUT2D eigenvalue weighted by Gasteiger charge is 2.38. The molecule has 0 saturated carbocycles. The molecule has 3 aromatic heterocycles. The average molecular weight is 433 g/mol. The summed E-state index contributed by atoms with van der Waals surface area (Å²) in [6.45, 7) is 0.0127. The van der Waals surface area contributed by atoms with Crippen LogP contribution in [0, 0.1) is 11.8 Å². The second kappa shape index (κ2) is 8.09. The molecule has 0 bridgehead atoms. The van der Waals surface area contributed by atoms with Gasteiger partial charge in [-0.2, -0.15) is 0 Å². The van der Waals surface area contributed by atoms with Gasteiger partial charge in [-0.1, -0.05) is 30.2 Å². The molecule has 4 heterocycles. The summed E-state index contributed by atoms with van der Waals surface area (Å²) in [5.41, 5.74) is 1.81. The number of hydrogen-bond donors (Lipinski definition) is 3. The van der Waals surface area contributed by atoms with Crippen LogP contribution in [0.4, 0.5) is 5.82 Å². The molecule has 4 aromatic rings. The minimum atomic E-state index is -1.13. The summed E-state index contributed by atoms with van der Waals surface area (Å²) in [6, 6.07) is 13.4. The van der Waals surface area contributed by atoms with Crippen molar-refractivity contribution >= 4 is 28.3 Å². The Morgan fingerprint density at radius 1 is 1.10 bits per heavy atom. The first-order valence-electron chi connectivity index (χ1n) is 9.72. The molecule has 3 N–H and O–H groups in total. The Morgan fingerprint density at radius 3 is 2.61 bits per heavy atom. The minimum Gasteiger partial charge on any atom is -0.388 e. The molecule has 1 saturated heterocycles. The monoisotopic (exact) mass is 433 g/mol. The van der Waals surface area contributed by atoms with Gasteiger partial charge in [-0.15, -0.1) is 11.3 Å². The molecule has 1 aliphatic heterocycles. The van der Waals surface area contributed by atoms with Gasteiger partial charge in [0.25, 0.3) is 0 Å². The Labute approximate surface area is 182 Å². The zero-order valence-electron chi connectivity index (χ0n) is 16.6. The van der Waals surface area contributed by atoms with Crippen molar-refractivity contribution in [2.24, 2.45) is 0 Å². The number of benzene rings is 1. The van der Waals surface area contributed by atoms with Crippen LogP contribution in [0.2, 0.25) is 0 Å². The lowest BCUT2D eigenvalue weighted by molar-refractivity contribution is -0.0167. The number of aliphatic hydroxyl groups is 2. The van der Waals surface area contributed by atoms with Crippen molar-refractivity contribution in [3.63, 3.8) is 0 Å². The van der Waals surface area contributed by atoms with Gasteiger partial charge in [0, 0.05) is 12.6 Å². The number of rotatable bonds is 3. The predicted molar refractivity (Wildman–Crippen MR) is 118 cm³/mol. The normalized spacial score (nSPS) is 20.5. The predicted octanol–water partition coefficient (Wildman–Crippen LogP) is 2.25. The highest BCUT2D eigenvalue weighted by atomic mass is 32.1. The lowest BCUT2D eigenvalue weighted by Crippen LogP contribution is -2.29. The molecule has 5 rings (SSSR count). The fraction of sp³-hybridized carbons (Fsp3) is 0.227. The fourth-order valence-electron chi connectivity index (χ4n) is 3.45. The first-order valence-corrected chi connectivity index (χ1v) is 10.6. The summed E-state index contributed by atoms with van der Waals surface area (Å²) in [6.07, 6.45) is -3.00. The van der Waals surface area contributed by atoms with Crippen LogP contribution in [0.25, 0.3) is 21.9 Å². The number of hydrogen-bond acceptors (Lipinski definition) is 8. The van der Waals surface area contributed by atoms with Crippen LogP contribution in [0.3, 0.4) is 0 Å². The van der Waals surface area contributed by atoms with Crippen molar-refractivity contribution in [1.82, 2.24) is 19.5 Å². The molecule has 156 valence electrons. The van der Waals surface area contributed by atoms with Crippen LogP contribution in [0.15, 0.2) is 47.8 Å². The summed E-state index contributed by atoms with van der Waals surface area (Å²) in [5, 5.41) is 25.6. The Hall–Kier alpha value is -3.29. The molecule has 0 amide bonds. The van der Waals surface area contributed by atoms with E-state index in [-0.39, 0.29) is 6.61 Å². The molecule has 0 radical (unpaired) electrons. The zero-order valence-corrected chi connectivity index (χ0v) is 17.4. The molecule has 1 aliphatic rings. The molecule has 3 atom stereocenters. The van der Waals surface area contributed by atoms with Crippen molar-refractivity contribution in [2.45, 2.75) is 18.4 Å². The maximum Gasteiger partial charge on any atom is 0.190 e.